The van der Waals surface area contributed by atoms with Gasteiger partial charge in [0.2, 0.25) is 5.91 Å². The maximum atomic E-state index is 12.2. The first-order valence-corrected chi connectivity index (χ1v) is 9.77. The normalized spacial score (nSPS) is 14.2. The van der Waals surface area contributed by atoms with Gasteiger partial charge in [-0.05, 0) is 25.0 Å². The molecule has 1 aliphatic rings. The number of imidazole rings is 1. The van der Waals surface area contributed by atoms with Crippen LogP contribution in [-0.2, 0) is 4.79 Å². The maximum absolute atomic E-state index is 12.2. The average molecular weight is 423 g/mol. The Morgan fingerprint density at radius 2 is 2.00 bits per heavy atom. The molecule has 3 aromatic heterocycles. The zero-order chi connectivity index (χ0) is 20.6. The van der Waals surface area contributed by atoms with Crippen molar-refractivity contribution in [3.05, 3.63) is 34.9 Å². The fourth-order valence-corrected chi connectivity index (χ4v) is 3.42. The van der Waals surface area contributed by atoms with Crippen LogP contribution in [0.5, 0.6) is 0 Å². The molecule has 3 aromatic rings. The second kappa shape index (κ2) is 7.47. The van der Waals surface area contributed by atoms with Gasteiger partial charge in [0.25, 0.3) is 5.91 Å². The van der Waals surface area contributed by atoms with Crippen LogP contribution in [0.4, 0.5) is 19.0 Å². The predicted molar refractivity (Wildman–Crippen MR) is 101 cm³/mol. The molecule has 2 N–H and O–H groups in total. The standard InChI is InChI=1S/C18H16F3N5O2S/c19-18(20,21)5-6-22-16(28)17-23-12(9-29-17)11-3-4-14-24-13(8-26(14)7-11)25-15(27)10-1-2-10/h3-4,7-10H,1-2,5-6H2,(H,22,28)(H,25,27). The van der Waals surface area contributed by atoms with Gasteiger partial charge in [-0.15, -0.1) is 11.3 Å². The highest BCUT2D eigenvalue weighted by Gasteiger charge is 2.30. The number of anilines is 1. The Bertz CT molecular complexity index is 1070. The van der Waals surface area contributed by atoms with Gasteiger partial charge in [0.15, 0.2) is 10.8 Å². The van der Waals surface area contributed by atoms with E-state index in [1.807, 2.05) is 0 Å². The molecule has 152 valence electrons. The highest BCUT2D eigenvalue weighted by Crippen LogP contribution is 2.30. The number of thiazole rings is 1. The van der Waals surface area contributed by atoms with Crippen molar-refractivity contribution < 1.29 is 22.8 Å². The number of pyridine rings is 1. The summed E-state index contributed by atoms with van der Waals surface area (Å²) in [6, 6.07) is 3.53. The van der Waals surface area contributed by atoms with E-state index in [1.54, 1.807) is 34.3 Å². The van der Waals surface area contributed by atoms with Gasteiger partial charge in [-0.25, -0.2) is 9.97 Å². The quantitative estimate of drug-likeness (QED) is 0.635. The number of carbonyl (C=O) groups is 2. The fraction of sp³-hybridized carbons (Fsp3) is 0.333. The summed E-state index contributed by atoms with van der Waals surface area (Å²) in [6.45, 7) is -0.492. The number of nitrogens with one attached hydrogen (secondary N) is 2. The number of amides is 2. The Labute approximate surface area is 167 Å². The second-order valence-electron chi connectivity index (χ2n) is 6.73. The molecule has 7 nitrogen and oxygen atoms in total. The lowest BCUT2D eigenvalue weighted by atomic mass is 10.2. The number of hydrogen-bond acceptors (Lipinski definition) is 5. The van der Waals surface area contributed by atoms with Crippen molar-refractivity contribution >= 4 is 34.6 Å². The van der Waals surface area contributed by atoms with Gasteiger partial charge < -0.3 is 15.0 Å². The van der Waals surface area contributed by atoms with Crippen molar-refractivity contribution in [2.45, 2.75) is 25.4 Å². The molecule has 11 heteroatoms. The van der Waals surface area contributed by atoms with Gasteiger partial charge in [0.1, 0.15) is 5.65 Å². The molecule has 29 heavy (non-hydrogen) atoms. The van der Waals surface area contributed by atoms with Crippen molar-refractivity contribution in [2.75, 3.05) is 11.9 Å². The average Bonchev–Trinajstić information content (AvgIpc) is 3.24. The van der Waals surface area contributed by atoms with E-state index in [1.165, 1.54) is 0 Å². The Balaban J connectivity index is 1.45. The van der Waals surface area contributed by atoms with Gasteiger partial charge in [-0.2, -0.15) is 13.2 Å². The third-order valence-electron chi connectivity index (χ3n) is 4.34. The number of alkyl halides is 3. The zero-order valence-corrected chi connectivity index (χ0v) is 15.8. The zero-order valence-electron chi connectivity index (χ0n) is 15.0. The van der Waals surface area contributed by atoms with Crippen LogP contribution in [0, 0.1) is 5.92 Å². The molecule has 0 atom stereocenters. The van der Waals surface area contributed by atoms with E-state index in [4.69, 9.17) is 0 Å². The molecule has 4 rings (SSSR count). The largest absolute Gasteiger partial charge is 0.390 e. The predicted octanol–water partition coefficient (Wildman–Crippen LogP) is 3.49. The third-order valence-corrected chi connectivity index (χ3v) is 5.18. The van der Waals surface area contributed by atoms with Crippen LogP contribution < -0.4 is 10.6 Å². The molecular formula is C18H16F3N5O2S. The van der Waals surface area contributed by atoms with E-state index in [0.29, 0.717) is 22.7 Å². The Morgan fingerprint density at radius 1 is 1.21 bits per heavy atom. The topological polar surface area (TPSA) is 88.4 Å². The first-order chi connectivity index (χ1) is 13.8. The van der Waals surface area contributed by atoms with Crippen molar-refractivity contribution in [1.82, 2.24) is 19.7 Å². The van der Waals surface area contributed by atoms with E-state index in [-0.39, 0.29) is 16.8 Å². The maximum Gasteiger partial charge on any atom is 0.390 e. The highest BCUT2D eigenvalue weighted by molar-refractivity contribution is 7.12. The van der Waals surface area contributed by atoms with E-state index in [0.717, 1.165) is 24.2 Å². The van der Waals surface area contributed by atoms with Crippen molar-refractivity contribution in [2.24, 2.45) is 5.92 Å². The molecule has 1 aliphatic carbocycles. The van der Waals surface area contributed by atoms with Crippen LogP contribution in [-0.4, -0.2) is 38.9 Å². The number of nitrogens with zero attached hydrogens (tertiary/aromatic N) is 3. The molecule has 0 unspecified atom stereocenters. The summed E-state index contributed by atoms with van der Waals surface area (Å²) in [7, 11) is 0. The van der Waals surface area contributed by atoms with Gasteiger partial charge in [-0.3, -0.25) is 9.59 Å². The molecule has 0 aromatic carbocycles. The molecule has 0 spiro atoms. The highest BCUT2D eigenvalue weighted by atomic mass is 32.1. The lowest BCUT2D eigenvalue weighted by Crippen LogP contribution is -2.27. The minimum absolute atomic E-state index is 0.0330. The molecule has 0 saturated heterocycles. The van der Waals surface area contributed by atoms with Crippen LogP contribution in [0.2, 0.25) is 0 Å². The van der Waals surface area contributed by atoms with Crippen LogP contribution in [0.1, 0.15) is 29.1 Å². The van der Waals surface area contributed by atoms with E-state index in [2.05, 4.69) is 20.6 Å². The molecular weight excluding hydrogens is 407 g/mol. The van der Waals surface area contributed by atoms with Crippen LogP contribution in [0.3, 0.4) is 0 Å². The van der Waals surface area contributed by atoms with Gasteiger partial charge in [0.05, 0.1) is 18.3 Å². The summed E-state index contributed by atoms with van der Waals surface area (Å²) in [5.41, 5.74) is 1.87. The molecule has 0 aliphatic heterocycles. The Hall–Kier alpha value is -2.95. The summed E-state index contributed by atoms with van der Waals surface area (Å²) in [5.74, 6) is -0.137. The fourth-order valence-electron chi connectivity index (χ4n) is 2.68. The van der Waals surface area contributed by atoms with E-state index >= 15 is 0 Å². The van der Waals surface area contributed by atoms with Gasteiger partial charge >= 0.3 is 6.18 Å². The van der Waals surface area contributed by atoms with Crippen molar-refractivity contribution in [3.8, 4) is 11.3 Å². The molecule has 0 bridgehead atoms. The number of carbonyl (C=O) groups excluding carboxylic acids is 2. The Kier molecular flexibility index (Phi) is 4.99. The van der Waals surface area contributed by atoms with Crippen molar-refractivity contribution in [3.63, 3.8) is 0 Å². The third kappa shape index (κ3) is 4.73. The second-order valence-corrected chi connectivity index (χ2v) is 7.59. The van der Waals surface area contributed by atoms with Gasteiger partial charge in [0, 0.05) is 29.6 Å². The first-order valence-electron chi connectivity index (χ1n) is 8.89. The summed E-state index contributed by atoms with van der Waals surface area (Å²) in [5, 5.41) is 6.75. The summed E-state index contributed by atoms with van der Waals surface area (Å²) in [6.07, 6.45) is -0.156. The smallest absolute Gasteiger partial charge is 0.350 e. The number of fused-ring (bicyclic) bond motifs is 1. The minimum atomic E-state index is -4.32. The number of aromatic nitrogens is 3. The molecule has 1 fully saturated rings. The minimum Gasteiger partial charge on any atom is -0.350 e. The SMILES string of the molecule is O=C(NCCC(F)(F)F)c1nc(-c2ccc3nc(NC(=O)C4CC4)cn3c2)cs1. The number of rotatable bonds is 6. The van der Waals surface area contributed by atoms with Crippen LogP contribution >= 0.6 is 11.3 Å². The molecule has 2 amide bonds. The number of hydrogen-bond donors (Lipinski definition) is 2. The molecule has 1 saturated carbocycles. The van der Waals surface area contributed by atoms with Crippen LogP contribution in [0.25, 0.3) is 16.9 Å². The first kappa shape index (κ1) is 19.4. The monoisotopic (exact) mass is 423 g/mol. The summed E-state index contributed by atoms with van der Waals surface area (Å²) >= 11 is 1.05. The molecule has 3 heterocycles. The van der Waals surface area contributed by atoms with E-state index < -0.39 is 25.0 Å². The molecule has 0 radical (unpaired) electrons. The Morgan fingerprint density at radius 3 is 2.72 bits per heavy atom. The summed E-state index contributed by atoms with van der Waals surface area (Å²) in [4.78, 5) is 32.4. The van der Waals surface area contributed by atoms with E-state index in [9.17, 15) is 22.8 Å². The lowest BCUT2D eigenvalue weighted by molar-refractivity contribution is -0.133. The lowest BCUT2D eigenvalue weighted by Gasteiger charge is -2.06. The van der Waals surface area contributed by atoms with Crippen molar-refractivity contribution in [1.29, 1.82) is 0 Å². The number of halogens is 3. The van der Waals surface area contributed by atoms with Crippen LogP contribution in [0.15, 0.2) is 29.9 Å². The van der Waals surface area contributed by atoms with Gasteiger partial charge in [-0.1, -0.05) is 0 Å². The summed E-state index contributed by atoms with van der Waals surface area (Å²) < 4.78 is 38.3.